The van der Waals surface area contributed by atoms with Crippen molar-refractivity contribution in [3.63, 3.8) is 0 Å². The van der Waals surface area contributed by atoms with Crippen molar-refractivity contribution in [2.45, 2.75) is 30.7 Å². The van der Waals surface area contributed by atoms with Gasteiger partial charge in [0.25, 0.3) is 0 Å². The summed E-state index contributed by atoms with van der Waals surface area (Å²) in [5.74, 6) is 0.862. The van der Waals surface area contributed by atoms with E-state index in [2.05, 4.69) is 30.4 Å². The van der Waals surface area contributed by atoms with E-state index < -0.39 is 22.2 Å². The van der Waals surface area contributed by atoms with Gasteiger partial charge < -0.3 is 24.8 Å². The average molecular weight is 500 g/mol. The summed E-state index contributed by atoms with van der Waals surface area (Å²) in [6.45, 7) is 1.65. The first kappa shape index (κ1) is 22.7. The highest BCUT2D eigenvalue weighted by Crippen LogP contribution is 2.31. The van der Waals surface area contributed by atoms with Crippen LogP contribution in [0, 0.1) is 5.92 Å². The van der Waals surface area contributed by atoms with Gasteiger partial charge in [0.05, 0.1) is 55.7 Å². The Bertz CT molecular complexity index is 1090. The summed E-state index contributed by atoms with van der Waals surface area (Å²) in [5.41, 5.74) is 0.744. The second-order valence-corrected chi connectivity index (χ2v) is 10.7. The van der Waals surface area contributed by atoms with Crippen molar-refractivity contribution < 1.29 is 22.6 Å². The first-order valence-electron chi connectivity index (χ1n) is 10.7. The predicted octanol–water partition coefficient (Wildman–Crippen LogP) is 0.510. The highest BCUT2D eigenvalue weighted by atomic mass is 35.5. The van der Waals surface area contributed by atoms with Crippen LogP contribution in [0.3, 0.4) is 0 Å². The normalized spacial score (nSPS) is 29.3. The second kappa shape index (κ2) is 9.31. The largest absolute Gasteiger partial charge is 0.381 e. The minimum absolute atomic E-state index is 0.0221. The Kier molecular flexibility index (Phi) is 6.42. The van der Waals surface area contributed by atoms with Crippen LogP contribution in [-0.2, 0) is 31.3 Å². The quantitative estimate of drug-likeness (QED) is 0.470. The summed E-state index contributed by atoms with van der Waals surface area (Å²) < 4.78 is 46.7. The summed E-state index contributed by atoms with van der Waals surface area (Å²) in [6.07, 6.45) is 4.98. The summed E-state index contributed by atoms with van der Waals surface area (Å²) in [6, 6.07) is -0.691. The number of aromatic nitrogens is 4. The molecular weight excluding hydrogens is 474 g/mol. The van der Waals surface area contributed by atoms with Crippen LogP contribution in [0.2, 0.25) is 5.02 Å². The number of ether oxygens (including phenoxy) is 3. The first-order valence-corrected chi connectivity index (χ1v) is 12.7. The fourth-order valence-corrected chi connectivity index (χ4v) is 6.14. The van der Waals surface area contributed by atoms with E-state index in [9.17, 15) is 8.42 Å². The summed E-state index contributed by atoms with van der Waals surface area (Å²) in [5, 5.41) is 10.8. The minimum atomic E-state index is -3.47. The van der Waals surface area contributed by atoms with Gasteiger partial charge in [-0.3, -0.25) is 4.68 Å². The third-order valence-electron chi connectivity index (χ3n) is 5.89. The molecule has 3 fully saturated rings. The number of rotatable bonds is 8. The molecule has 5 atom stereocenters. The Morgan fingerprint density at radius 2 is 1.97 bits per heavy atom. The number of nitrogens with zero attached hydrogens (tertiary/aromatic N) is 4. The van der Waals surface area contributed by atoms with Gasteiger partial charge in [0, 0.05) is 19.9 Å². The maximum absolute atomic E-state index is 12.6. The van der Waals surface area contributed by atoms with Gasteiger partial charge in [-0.25, -0.2) is 18.1 Å². The third-order valence-corrected chi connectivity index (χ3v) is 7.74. The zero-order chi connectivity index (χ0) is 23.0. The molecule has 180 valence electrons. The molecule has 0 saturated carbocycles. The molecule has 0 spiro atoms. The smallest absolute Gasteiger partial charge is 0.229 e. The Labute approximate surface area is 196 Å². The number of nitrogens with one attached hydrogen (secondary N) is 3. The van der Waals surface area contributed by atoms with Crippen LogP contribution in [0.15, 0.2) is 18.6 Å². The molecule has 3 aliphatic heterocycles. The van der Waals surface area contributed by atoms with Crippen LogP contribution >= 0.6 is 11.6 Å². The molecule has 0 aliphatic carbocycles. The van der Waals surface area contributed by atoms with Crippen LogP contribution in [0.5, 0.6) is 0 Å². The van der Waals surface area contributed by atoms with Crippen molar-refractivity contribution in [3.8, 4) is 0 Å². The molecule has 0 amide bonds. The Hall–Kier alpha value is -2.03. The van der Waals surface area contributed by atoms with Crippen molar-refractivity contribution in [1.82, 2.24) is 24.5 Å². The van der Waals surface area contributed by atoms with Gasteiger partial charge in [-0.15, -0.1) is 0 Å². The fraction of sp³-hybridized carbons (Fsp3) is 0.632. The van der Waals surface area contributed by atoms with E-state index in [1.807, 2.05) is 7.05 Å². The SMILES string of the molecule is Cn1cc(Nc2ncc(Cl)c(NC3COC4C(NS(=O)(=O)CC5CCOC5)COC34)n2)cn1. The molecular formula is C19H26ClN7O5S. The summed E-state index contributed by atoms with van der Waals surface area (Å²) in [4.78, 5) is 8.65. The zero-order valence-corrected chi connectivity index (χ0v) is 19.6. The number of halogens is 1. The molecule has 2 aromatic rings. The molecule has 2 aromatic heterocycles. The van der Waals surface area contributed by atoms with E-state index in [4.69, 9.17) is 25.8 Å². The summed E-state index contributed by atoms with van der Waals surface area (Å²) in [7, 11) is -1.66. The molecule has 14 heteroatoms. The monoisotopic (exact) mass is 499 g/mol. The number of hydrogen-bond acceptors (Lipinski definition) is 10. The molecule has 5 unspecified atom stereocenters. The highest BCUT2D eigenvalue weighted by Gasteiger charge is 2.49. The first-order chi connectivity index (χ1) is 15.9. The van der Waals surface area contributed by atoms with E-state index >= 15 is 0 Å². The molecule has 12 nitrogen and oxygen atoms in total. The summed E-state index contributed by atoms with van der Waals surface area (Å²) >= 11 is 6.31. The number of anilines is 3. The van der Waals surface area contributed by atoms with Gasteiger partial charge in [0.2, 0.25) is 16.0 Å². The zero-order valence-electron chi connectivity index (χ0n) is 18.0. The maximum atomic E-state index is 12.6. The molecule has 0 aromatic carbocycles. The molecule has 5 heterocycles. The molecule has 3 saturated heterocycles. The Morgan fingerprint density at radius 1 is 1.18 bits per heavy atom. The highest BCUT2D eigenvalue weighted by molar-refractivity contribution is 7.89. The lowest BCUT2D eigenvalue weighted by Crippen LogP contribution is -2.46. The van der Waals surface area contributed by atoms with Crippen LogP contribution in [0.4, 0.5) is 17.5 Å². The van der Waals surface area contributed by atoms with E-state index in [0.717, 1.165) is 12.1 Å². The van der Waals surface area contributed by atoms with Gasteiger partial charge in [0.15, 0.2) is 5.82 Å². The molecule has 3 aliphatic rings. The van der Waals surface area contributed by atoms with Gasteiger partial charge in [-0.2, -0.15) is 10.1 Å². The standard InChI is InChI=1S/C19H26ClN7O5S/c1-27-6-12(4-22-27)23-19-21-5-13(20)18(25-19)24-14-8-31-17-15(9-32-16(14)17)26-33(28,29)10-11-2-3-30-7-11/h4-6,11,14-17,26H,2-3,7-10H2,1H3,(H2,21,23,24,25). The van der Waals surface area contributed by atoms with Crippen LogP contribution in [-0.4, -0.2) is 84.6 Å². The predicted molar refractivity (Wildman–Crippen MR) is 120 cm³/mol. The third kappa shape index (κ3) is 5.23. The second-order valence-electron chi connectivity index (χ2n) is 8.50. The topological polar surface area (TPSA) is 142 Å². The maximum Gasteiger partial charge on any atom is 0.229 e. The van der Waals surface area contributed by atoms with Gasteiger partial charge in [-0.05, 0) is 12.3 Å². The van der Waals surface area contributed by atoms with Crippen molar-refractivity contribution in [3.05, 3.63) is 23.6 Å². The van der Waals surface area contributed by atoms with Gasteiger partial charge >= 0.3 is 0 Å². The lowest BCUT2D eigenvalue weighted by atomic mass is 10.1. The van der Waals surface area contributed by atoms with E-state index in [0.29, 0.717) is 36.6 Å². The van der Waals surface area contributed by atoms with Crippen molar-refractivity contribution >= 4 is 39.1 Å². The van der Waals surface area contributed by atoms with E-state index in [-0.39, 0.29) is 30.4 Å². The molecule has 0 radical (unpaired) electrons. The average Bonchev–Trinajstić information content (AvgIpc) is 3.54. The number of fused-ring (bicyclic) bond motifs is 1. The van der Waals surface area contributed by atoms with Gasteiger partial charge in [0.1, 0.15) is 17.2 Å². The van der Waals surface area contributed by atoms with E-state index in [1.165, 1.54) is 6.20 Å². The number of aryl methyl sites for hydroxylation is 1. The number of sulfonamides is 1. The van der Waals surface area contributed by atoms with E-state index in [1.54, 1.807) is 17.1 Å². The van der Waals surface area contributed by atoms with Crippen molar-refractivity contribution in [1.29, 1.82) is 0 Å². The number of hydrogen-bond donors (Lipinski definition) is 3. The molecule has 5 rings (SSSR count). The van der Waals surface area contributed by atoms with Crippen LogP contribution in [0.1, 0.15) is 6.42 Å². The molecule has 33 heavy (non-hydrogen) atoms. The lowest BCUT2D eigenvalue weighted by molar-refractivity contribution is 0.0690. The molecule has 0 bridgehead atoms. The Morgan fingerprint density at radius 3 is 2.70 bits per heavy atom. The van der Waals surface area contributed by atoms with Crippen LogP contribution < -0.4 is 15.4 Å². The Balaban J connectivity index is 1.21. The van der Waals surface area contributed by atoms with Gasteiger partial charge in [-0.1, -0.05) is 11.6 Å². The van der Waals surface area contributed by atoms with Crippen LogP contribution in [0.25, 0.3) is 0 Å². The lowest BCUT2D eigenvalue weighted by Gasteiger charge is -2.20. The minimum Gasteiger partial charge on any atom is -0.381 e. The van der Waals surface area contributed by atoms with Crippen molar-refractivity contribution in [2.24, 2.45) is 13.0 Å². The fourth-order valence-electron chi connectivity index (χ4n) is 4.35. The van der Waals surface area contributed by atoms with Crippen molar-refractivity contribution in [2.75, 3.05) is 42.8 Å². The molecule has 3 N–H and O–H groups in total.